The van der Waals surface area contributed by atoms with Crippen LogP contribution in [0.4, 0.5) is 11.4 Å². The molecule has 0 spiro atoms. The van der Waals surface area contributed by atoms with Gasteiger partial charge in [0, 0.05) is 59.8 Å². The third-order valence-electron chi connectivity index (χ3n) is 6.99. The fraction of sp³-hybridized carbons (Fsp3) is 0.444. The van der Waals surface area contributed by atoms with Gasteiger partial charge in [-0.1, -0.05) is 28.1 Å². The van der Waals surface area contributed by atoms with Crippen LogP contribution in [0.2, 0.25) is 0 Å². The van der Waals surface area contributed by atoms with Gasteiger partial charge in [-0.3, -0.25) is 9.69 Å². The highest BCUT2D eigenvalue weighted by Gasteiger charge is 2.32. The summed E-state index contributed by atoms with van der Waals surface area (Å²) in [5.74, 6) is -0.00866. The Labute approximate surface area is 204 Å². The Kier molecular flexibility index (Phi) is 6.86. The van der Waals surface area contributed by atoms with Gasteiger partial charge in [-0.25, -0.2) is 0 Å². The predicted molar refractivity (Wildman–Crippen MR) is 137 cm³/mol. The van der Waals surface area contributed by atoms with Crippen molar-refractivity contribution >= 4 is 39.3 Å². The van der Waals surface area contributed by atoms with Gasteiger partial charge in [0.1, 0.15) is 0 Å². The van der Waals surface area contributed by atoms with E-state index in [-0.39, 0.29) is 5.91 Å². The molecule has 0 aromatic heterocycles. The summed E-state index contributed by atoms with van der Waals surface area (Å²) in [5.41, 5.74) is 5.29. The minimum atomic E-state index is -0.00866. The number of anilines is 2. The van der Waals surface area contributed by atoms with Crippen LogP contribution in [0.1, 0.15) is 43.2 Å². The van der Waals surface area contributed by atoms with Crippen LogP contribution in [0.3, 0.4) is 0 Å². The highest BCUT2D eigenvalue weighted by molar-refractivity contribution is 9.10. The van der Waals surface area contributed by atoms with E-state index in [1.165, 1.54) is 24.1 Å². The molecule has 3 aliphatic rings. The van der Waals surface area contributed by atoms with E-state index in [1.807, 2.05) is 12.1 Å². The van der Waals surface area contributed by atoms with E-state index < -0.39 is 0 Å². The van der Waals surface area contributed by atoms with Gasteiger partial charge in [0.05, 0.1) is 0 Å². The third-order valence-corrected chi connectivity index (χ3v) is 7.48. The molecule has 0 radical (unpaired) electrons. The van der Waals surface area contributed by atoms with Crippen molar-refractivity contribution in [2.45, 2.75) is 50.7 Å². The summed E-state index contributed by atoms with van der Waals surface area (Å²) in [6.45, 7) is 3.51. The molecular weight excluding hydrogens is 478 g/mol. The third kappa shape index (κ3) is 5.51. The quantitative estimate of drug-likeness (QED) is 0.561. The monoisotopic (exact) mass is 509 g/mol. The second-order valence-corrected chi connectivity index (χ2v) is 10.4. The number of ether oxygens (including phenoxy) is 1. The van der Waals surface area contributed by atoms with Crippen LogP contribution in [0.5, 0.6) is 0 Å². The first-order valence-corrected chi connectivity index (χ1v) is 12.8. The summed E-state index contributed by atoms with van der Waals surface area (Å²) in [7, 11) is 2.19. The fourth-order valence-corrected chi connectivity index (χ4v) is 5.29. The molecule has 5 rings (SSSR count). The molecule has 2 heterocycles. The van der Waals surface area contributed by atoms with Crippen molar-refractivity contribution in [2.24, 2.45) is 0 Å². The van der Waals surface area contributed by atoms with Crippen molar-refractivity contribution in [3.8, 4) is 0 Å². The molecule has 1 saturated carbocycles. The lowest BCUT2D eigenvalue weighted by atomic mass is 10.1. The lowest BCUT2D eigenvalue weighted by molar-refractivity contribution is -0.112. The molecule has 1 saturated heterocycles. The second kappa shape index (κ2) is 10.00. The van der Waals surface area contributed by atoms with Crippen LogP contribution < -0.4 is 10.2 Å². The van der Waals surface area contributed by atoms with Crippen LogP contribution >= 0.6 is 15.9 Å². The molecule has 1 amide bonds. The number of amides is 1. The molecule has 2 aliphatic heterocycles. The molecule has 0 atom stereocenters. The Hall–Kier alpha value is -2.15. The molecule has 1 aliphatic carbocycles. The normalized spacial score (nSPS) is 19.1. The maximum Gasteiger partial charge on any atom is 0.251 e. The summed E-state index contributed by atoms with van der Waals surface area (Å²) >= 11 is 3.59. The Balaban J connectivity index is 1.24. The number of fused-ring (bicyclic) bond motifs is 1. The van der Waals surface area contributed by atoms with Crippen LogP contribution in [0.15, 0.2) is 52.5 Å². The van der Waals surface area contributed by atoms with Gasteiger partial charge in [0.2, 0.25) is 0 Å². The maximum atomic E-state index is 13.1. The van der Waals surface area contributed by atoms with Gasteiger partial charge < -0.3 is 15.0 Å². The van der Waals surface area contributed by atoms with Crippen molar-refractivity contribution in [1.29, 1.82) is 0 Å². The summed E-state index contributed by atoms with van der Waals surface area (Å²) in [6, 6.07) is 15.9. The van der Waals surface area contributed by atoms with Crippen LogP contribution in [0, 0.1) is 0 Å². The van der Waals surface area contributed by atoms with Gasteiger partial charge in [-0.15, -0.1) is 0 Å². The van der Waals surface area contributed by atoms with Crippen LogP contribution in [-0.4, -0.2) is 49.7 Å². The van der Waals surface area contributed by atoms with Gasteiger partial charge in [0.15, 0.2) is 0 Å². The summed E-state index contributed by atoms with van der Waals surface area (Å²) in [5, 5.41) is 3.12. The predicted octanol–water partition coefficient (Wildman–Crippen LogP) is 5.45. The Morgan fingerprint density at radius 2 is 1.88 bits per heavy atom. The van der Waals surface area contributed by atoms with Gasteiger partial charge in [0.25, 0.3) is 5.91 Å². The molecule has 2 aromatic carbocycles. The number of rotatable bonds is 6. The molecule has 5 nitrogen and oxygen atoms in total. The maximum absolute atomic E-state index is 13.1. The smallest absolute Gasteiger partial charge is 0.251 e. The summed E-state index contributed by atoms with van der Waals surface area (Å²) in [4.78, 5) is 18.0. The van der Waals surface area contributed by atoms with Crippen LogP contribution in [-0.2, 0) is 16.1 Å². The lowest BCUT2D eigenvalue weighted by Gasteiger charge is -2.31. The highest BCUT2D eigenvalue weighted by atomic mass is 79.9. The standard InChI is InChI=1S/C27H32BrN3O2/c1-30(24-11-14-33-15-12-24)18-19-2-5-23(6-3-19)29-27(32)20-10-13-31(25-7-8-25)26-9-4-22(28)17-21(26)16-20/h2-6,9,16-17,24-25H,7-8,10-15,18H2,1H3,(H,29,32). The number of halogens is 1. The first-order chi connectivity index (χ1) is 16.1. The van der Waals surface area contributed by atoms with E-state index >= 15 is 0 Å². The number of nitrogens with one attached hydrogen (secondary N) is 1. The Bertz CT molecular complexity index is 1030. The SMILES string of the molecule is CN(Cc1ccc(NC(=O)C2=Cc3cc(Br)ccc3N(C3CC3)CC2)cc1)C1CCOCC1. The number of hydrogen-bond donors (Lipinski definition) is 1. The van der Waals surface area contributed by atoms with E-state index in [0.717, 1.165) is 66.9 Å². The average molecular weight is 510 g/mol. The zero-order valence-corrected chi connectivity index (χ0v) is 20.8. The van der Waals surface area contributed by atoms with Gasteiger partial charge >= 0.3 is 0 Å². The molecule has 174 valence electrons. The zero-order valence-electron chi connectivity index (χ0n) is 19.2. The van der Waals surface area contributed by atoms with E-state index in [1.54, 1.807) is 0 Å². The Morgan fingerprint density at radius 1 is 1.12 bits per heavy atom. The van der Waals surface area contributed by atoms with Crippen molar-refractivity contribution in [1.82, 2.24) is 4.90 Å². The van der Waals surface area contributed by atoms with E-state index in [9.17, 15) is 4.79 Å². The van der Waals surface area contributed by atoms with E-state index in [0.29, 0.717) is 12.1 Å². The number of hydrogen-bond acceptors (Lipinski definition) is 4. The number of carbonyl (C=O) groups is 1. The molecule has 33 heavy (non-hydrogen) atoms. The molecule has 2 fully saturated rings. The Morgan fingerprint density at radius 3 is 2.61 bits per heavy atom. The van der Waals surface area contributed by atoms with Crippen molar-refractivity contribution in [2.75, 3.05) is 37.0 Å². The number of carbonyl (C=O) groups excluding carboxylic acids is 1. The molecule has 1 N–H and O–H groups in total. The van der Waals surface area contributed by atoms with E-state index in [2.05, 4.69) is 74.5 Å². The number of nitrogens with zero attached hydrogens (tertiary/aromatic N) is 2. The summed E-state index contributed by atoms with van der Waals surface area (Å²) < 4.78 is 6.52. The highest BCUT2D eigenvalue weighted by Crippen LogP contribution is 2.38. The first-order valence-electron chi connectivity index (χ1n) is 12.0. The van der Waals surface area contributed by atoms with Crippen molar-refractivity contribution in [3.05, 3.63) is 63.6 Å². The first kappa shape index (κ1) is 22.6. The fourth-order valence-electron chi connectivity index (χ4n) is 4.92. The second-order valence-electron chi connectivity index (χ2n) is 9.46. The molecular formula is C27H32BrN3O2. The van der Waals surface area contributed by atoms with E-state index in [4.69, 9.17) is 4.74 Å². The molecule has 0 unspecified atom stereocenters. The van der Waals surface area contributed by atoms with Crippen molar-refractivity contribution < 1.29 is 9.53 Å². The largest absolute Gasteiger partial charge is 0.381 e. The zero-order chi connectivity index (χ0) is 22.8. The summed E-state index contributed by atoms with van der Waals surface area (Å²) in [6.07, 6.45) is 7.49. The van der Waals surface area contributed by atoms with Gasteiger partial charge in [-0.05, 0) is 86.7 Å². The minimum absolute atomic E-state index is 0.00866. The molecule has 6 heteroatoms. The topological polar surface area (TPSA) is 44.8 Å². The lowest BCUT2D eigenvalue weighted by Crippen LogP contribution is -2.36. The minimum Gasteiger partial charge on any atom is -0.381 e. The number of benzene rings is 2. The van der Waals surface area contributed by atoms with Crippen molar-refractivity contribution in [3.63, 3.8) is 0 Å². The molecule has 2 aromatic rings. The van der Waals surface area contributed by atoms with Gasteiger partial charge in [-0.2, -0.15) is 0 Å². The average Bonchev–Trinajstić information content (AvgIpc) is 3.67. The van der Waals surface area contributed by atoms with Crippen LogP contribution in [0.25, 0.3) is 6.08 Å². The molecule has 0 bridgehead atoms.